The highest BCUT2D eigenvalue weighted by molar-refractivity contribution is 5.96. The Balaban J connectivity index is 1.79. The number of rotatable bonds is 10. The van der Waals surface area contributed by atoms with Gasteiger partial charge in [-0.1, -0.05) is 13.0 Å². The fraction of sp³-hybridized carbons (Fsp3) is 0.538. The van der Waals surface area contributed by atoms with Crippen molar-refractivity contribution < 1.29 is 34.4 Å². The van der Waals surface area contributed by atoms with Crippen LogP contribution in [0.1, 0.15) is 43.2 Å². The minimum absolute atomic E-state index is 0.0679. The van der Waals surface area contributed by atoms with Crippen LogP contribution in [0, 0.1) is 5.92 Å². The predicted octanol–water partition coefficient (Wildman–Crippen LogP) is 1.01. The highest BCUT2D eigenvalue weighted by atomic mass is 16.5. The maximum atomic E-state index is 13.2. The molecule has 2 amide bonds. The molecule has 4 rings (SSSR count). The lowest BCUT2D eigenvalue weighted by molar-refractivity contribution is -0.132. The van der Waals surface area contributed by atoms with Gasteiger partial charge in [0.1, 0.15) is 12.2 Å². The molecule has 9 heteroatoms. The van der Waals surface area contributed by atoms with E-state index < -0.39 is 30.1 Å². The summed E-state index contributed by atoms with van der Waals surface area (Å²) in [6.45, 7) is 2.05. The summed E-state index contributed by atoms with van der Waals surface area (Å²) in [5, 5.41) is 33.2. The van der Waals surface area contributed by atoms with Crippen LogP contribution in [0.5, 0.6) is 11.5 Å². The van der Waals surface area contributed by atoms with Gasteiger partial charge in [0.15, 0.2) is 11.5 Å². The summed E-state index contributed by atoms with van der Waals surface area (Å²) in [4.78, 5) is 28.0. The van der Waals surface area contributed by atoms with Gasteiger partial charge < -0.3 is 35.0 Å². The van der Waals surface area contributed by atoms with Crippen LogP contribution >= 0.6 is 0 Å². The summed E-state index contributed by atoms with van der Waals surface area (Å²) >= 11 is 0. The molecule has 1 aromatic rings. The van der Waals surface area contributed by atoms with Crippen LogP contribution < -0.4 is 14.8 Å². The minimum Gasteiger partial charge on any atom is -0.493 e. The number of methoxy groups -OCH3 is 1. The number of nitrogens with one attached hydrogen (secondary N) is 1. The molecule has 3 aliphatic rings. The van der Waals surface area contributed by atoms with Crippen LogP contribution in [0.15, 0.2) is 35.9 Å². The lowest BCUT2D eigenvalue weighted by Crippen LogP contribution is -2.56. The second-order valence-corrected chi connectivity index (χ2v) is 9.26. The normalized spacial score (nSPS) is 24.9. The van der Waals surface area contributed by atoms with E-state index in [1.165, 1.54) is 13.2 Å². The fourth-order valence-electron chi connectivity index (χ4n) is 4.87. The van der Waals surface area contributed by atoms with E-state index in [0.29, 0.717) is 47.1 Å². The molecule has 1 fully saturated rings. The number of nitrogens with zero attached hydrogens (tertiary/aromatic N) is 1. The van der Waals surface area contributed by atoms with Crippen LogP contribution in [0.2, 0.25) is 0 Å². The second-order valence-electron chi connectivity index (χ2n) is 9.26. The van der Waals surface area contributed by atoms with Crippen LogP contribution in [0.4, 0.5) is 0 Å². The van der Waals surface area contributed by atoms with Gasteiger partial charge in [0.25, 0.3) is 0 Å². The SMILES string of the molecule is CCC=CC(=O)N(CC1CC1)C1C=C(C(=O)NCCO)C2c3cc(CO)cc(OC)c3OC2C1O. The van der Waals surface area contributed by atoms with Gasteiger partial charge >= 0.3 is 0 Å². The largest absolute Gasteiger partial charge is 0.493 e. The van der Waals surface area contributed by atoms with Gasteiger partial charge in [-0.05, 0) is 55.0 Å². The molecule has 0 aromatic heterocycles. The van der Waals surface area contributed by atoms with E-state index in [0.717, 1.165) is 12.8 Å². The lowest BCUT2D eigenvalue weighted by Gasteiger charge is -2.40. The van der Waals surface area contributed by atoms with Crippen LogP contribution in [-0.4, -0.2) is 77.1 Å². The molecular formula is C26H34N2O7. The fourth-order valence-corrected chi connectivity index (χ4v) is 4.87. The Bertz CT molecular complexity index is 1020. The van der Waals surface area contributed by atoms with E-state index in [1.54, 1.807) is 29.2 Å². The predicted molar refractivity (Wildman–Crippen MR) is 128 cm³/mol. The first kappa shape index (κ1) is 25.2. The van der Waals surface area contributed by atoms with Gasteiger partial charge in [-0.15, -0.1) is 0 Å². The molecule has 1 saturated carbocycles. The van der Waals surface area contributed by atoms with E-state index in [2.05, 4.69) is 5.32 Å². The first-order valence-corrected chi connectivity index (χ1v) is 12.2. The Kier molecular flexibility index (Phi) is 7.78. The minimum atomic E-state index is -1.10. The van der Waals surface area contributed by atoms with E-state index in [4.69, 9.17) is 9.47 Å². The highest BCUT2D eigenvalue weighted by Crippen LogP contribution is 2.51. The summed E-state index contributed by atoms with van der Waals surface area (Å²) in [5.41, 5.74) is 1.57. The van der Waals surface area contributed by atoms with Crippen LogP contribution in [-0.2, 0) is 16.2 Å². The van der Waals surface area contributed by atoms with E-state index >= 15 is 0 Å². The van der Waals surface area contributed by atoms with Crippen molar-refractivity contribution in [2.24, 2.45) is 5.92 Å². The molecule has 4 unspecified atom stereocenters. The number of ether oxygens (including phenoxy) is 2. The van der Waals surface area contributed by atoms with E-state index in [1.807, 2.05) is 6.92 Å². The van der Waals surface area contributed by atoms with Crippen LogP contribution in [0.3, 0.4) is 0 Å². The third-order valence-corrected chi connectivity index (χ3v) is 6.79. The zero-order valence-electron chi connectivity index (χ0n) is 20.1. The molecule has 0 radical (unpaired) electrons. The molecule has 4 N–H and O–H groups in total. The van der Waals surface area contributed by atoms with Crippen molar-refractivity contribution >= 4 is 11.8 Å². The number of fused-ring (bicyclic) bond motifs is 3. The number of amides is 2. The summed E-state index contributed by atoms with van der Waals surface area (Å²) in [6.07, 6.45) is 5.78. The Morgan fingerprint density at radius 2 is 2.06 bits per heavy atom. The van der Waals surface area contributed by atoms with Crippen LogP contribution in [0.25, 0.3) is 0 Å². The number of carbonyl (C=O) groups is 2. The van der Waals surface area contributed by atoms with Crippen molar-refractivity contribution in [3.05, 3.63) is 47.1 Å². The first-order valence-electron chi connectivity index (χ1n) is 12.2. The molecule has 0 spiro atoms. The summed E-state index contributed by atoms with van der Waals surface area (Å²) in [6, 6.07) is 2.64. The Labute approximate surface area is 205 Å². The average Bonchev–Trinajstić information content (AvgIpc) is 3.61. The van der Waals surface area contributed by atoms with Gasteiger partial charge in [-0.3, -0.25) is 9.59 Å². The maximum Gasteiger partial charge on any atom is 0.247 e. The zero-order chi connectivity index (χ0) is 25.1. The zero-order valence-corrected chi connectivity index (χ0v) is 20.1. The molecule has 0 saturated heterocycles. The lowest BCUT2D eigenvalue weighted by atomic mass is 9.77. The molecule has 2 aliphatic carbocycles. The van der Waals surface area contributed by atoms with Gasteiger partial charge in [0.05, 0.1) is 32.3 Å². The Morgan fingerprint density at radius 3 is 2.69 bits per heavy atom. The molecule has 35 heavy (non-hydrogen) atoms. The molecule has 1 heterocycles. The summed E-state index contributed by atoms with van der Waals surface area (Å²) in [5.74, 6) is -0.0722. The number of hydrogen-bond acceptors (Lipinski definition) is 7. The second kappa shape index (κ2) is 10.8. The number of aliphatic hydroxyl groups excluding tert-OH is 3. The van der Waals surface area contributed by atoms with Gasteiger partial charge in [-0.2, -0.15) is 0 Å². The van der Waals surface area contributed by atoms with Crippen molar-refractivity contribution in [2.45, 2.75) is 57.0 Å². The average molecular weight is 487 g/mol. The molecule has 4 atom stereocenters. The highest BCUT2D eigenvalue weighted by Gasteiger charge is 2.51. The molecule has 0 bridgehead atoms. The molecule has 1 aromatic carbocycles. The van der Waals surface area contributed by atoms with Crippen molar-refractivity contribution in [2.75, 3.05) is 26.8 Å². The number of allylic oxidation sites excluding steroid dienone is 1. The van der Waals surface area contributed by atoms with Crippen molar-refractivity contribution in [3.8, 4) is 11.5 Å². The summed E-state index contributed by atoms with van der Waals surface area (Å²) in [7, 11) is 1.49. The summed E-state index contributed by atoms with van der Waals surface area (Å²) < 4.78 is 11.7. The monoisotopic (exact) mass is 486 g/mol. The maximum absolute atomic E-state index is 13.2. The standard InChI is InChI=1S/C26H34N2O7/c1-3-4-5-21(31)28(13-15-6-7-15)19-12-18(26(33)27-8-9-29)22-17-10-16(14-30)11-20(34-2)24(17)35-25(22)23(19)32/h4-5,10-12,15,19,22-23,25,29-30,32H,3,6-9,13-14H2,1-2H3,(H,27,33). The number of hydrogen-bond donors (Lipinski definition) is 4. The molecular weight excluding hydrogens is 452 g/mol. The van der Waals surface area contributed by atoms with Crippen molar-refractivity contribution in [1.29, 1.82) is 0 Å². The first-order chi connectivity index (χ1) is 16.9. The van der Waals surface area contributed by atoms with Gasteiger partial charge in [-0.25, -0.2) is 0 Å². The van der Waals surface area contributed by atoms with Crippen molar-refractivity contribution in [1.82, 2.24) is 10.2 Å². The molecule has 9 nitrogen and oxygen atoms in total. The molecule has 1 aliphatic heterocycles. The Hall–Kier alpha value is -2.88. The molecule has 190 valence electrons. The van der Waals surface area contributed by atoms with Crippen molar-refractivity contribution in [3.63, 3.8) is 0 Å². The number of benzene rings is 1. The van der Waals surface area contributed by atoms with E-state index in [-0.39, 0.29) is 25.7 Å². The third kappa shape index (κ3) is 5.07. The quantitative estimate of drug-likeness (QED) is 0.364. The van der Waals surface area contributed by atoms with Gasteiger partial charge in [0.2, 0.25) is 11.8 Å². The van der Waals surface area contributed by atoms with E-state index in [9.17, 15) is 24.9 Å². The third-order valence-electron chi connectivity index (χ3n) is 6.79. The smallest absolute Gasteiger partial charge is 0.247 e. The van der Waals surface area contributed by atoms with Gasteiger partial charge in [0, 0.05) is 24.2 Å². The Morgan fingerprint density at radius 1 is 1.29 bits per heavy atom. The topological polar surface area (TPSA) is 129 Å². The number of aliphatic hydroxyl groups is 3. The number of carbonyl (C=O) groups excluding carboxylic acids is 2.